The molecule has 3 rings (SSSR count). The Morgan fingerprint density at radius 1 is 1.04 bits per heavy atom. The monoisotopic (exact) mass is 325 g/mol. The van der Waals surface area contributed by atoms with Gasteiger partial charge in [-0.1, -0.05) is 66.4 Å². The van der Waals surface area contributed by atoms with Crippen LogP contribution in [-0.4, -0.2) is 20.5 Å². The van der Waals surface area contributed by atoms with Crippen LogP contribution in [0.1, 0.15) is 5.56 Å². The van der Waals surface area contributed by atoms with Crippen LogP contribution in [0.5, 0.6) is 0 Å². The first-order chi connectivity index (χ1) is 11.3. The molecule has 1 aromatic heterocycles. The number of halogens is 1. The fraction of sp³-hybridized carbons (Fsp3) is 0.111. The van der Waals surface area contributed by atoms with Crippen LogP contribution < -0.4 is 0 Å². The van der Waals surface area contributed by atoms with Crippen molar-refractivity contribution in [1.29, 1.82) is 0 Å². The Hall–Kier alpha value is -2.40. The Morgan fingerprint density at radius 2 is 1.78 bits per heavy atom. The topological polar surface area (TPSA) is 30.7 Å². The van der Waals surface area contributed by atoms with Crippen molar-refractivity contribution in [2.24, 2.45) is 7.05 Å². The molecule has 1 heterocycles. The summed E-state index contributed by atoms with van der Waals surface area (Å²) in [5, 5.41) is 9.03. The summed E-state index contributed by atoms with van der Waals surface area (Å²) in [6.07, 6.45) is 4.15. The quantitative estimate of drug-likeness (QED) is 0.650. The van der Waals surface area contributed by atoms with E-state index >= 15 is 0 Å². The third-order valence-electron chi connectivity index (χ3n) is 3.37. The maximum absolute atomic E-state index is 13.9. The lowest BCUT2D eigenvalue weighted by Crippen LogP contribution is -1.96. The molecule has 0 saturated carbocycles. The standard InChI is InChI=1S/C18H16FN3S/c1-22-17(15-11-5-6-12-16(15)19)20-21-18(22)23-13-7-10-14-8-3-2-4-9-14/h2-12H,13H2,1H3/b10-7+. The smallest absolute Gasteiger partial charge is 0.191 e. The Morgan fingerprint density at radius 3 is 2.57 bits per heavy atom. The second-order valence-corrected chi connectivity index (χ2v) is 5.96. The Kier molecular flexibility index (Phi) is 4.88. The predicted molar refractivity (Wildman–Crippen MR) is 92.6 cm³/mol. The summed E-state index contributed by atoms with van der Waals surface area (Å²) in [7, 11) is 1.85. The van der Waals surface area contributed by atoms with Crippen LogP contribution in [0.4, 0.5) is 4.39 Å². The van der Waals surface area contributed by atoms with E-state index < -0.39 is 0 Å². The minimum absolute atomic E-state index is 0.288. The molecule has 116 valence electrons. The second kappa shape index (κ2) is 7.24. The molecule has 0 bridgehead atoms. The summed E-state index contributed by atoms with van der Waals surface area (Å²) in [5.74, 6) is 1.03. The lowest BCUT2D eigenvalue weighted by atomic mass is 10.2. The van der Waals surface area contributed by atoms with Gasteiger partial charge in [-0.15, -0.1) is 10.2 Å². The molecule has 0 fully saturated rings. The summed E-state index contributed by atoms with van der Waals surface area (Å²) in [6.45, 7) is 0. The Labute approximate surface area is 138 Å². The summed E-state index contributed by atoms with van der Waals surface area (Å²) >= 11 is 1.57. The molecule has 5 heteroatoms. The van der Waals surface area contributed by atoms with Crippen LogP contribution in [-0.2, 0) is 7.05 Å². The first kappa shape index (κ1) is 15.5. The van der Waals surface area contributed by atoms with E-state index in [0.29, 0.717) is 11.4 Å². The van der Waals surface area contributed by atoms with E-state index in [9.17, 15) is 4.39 Å². The van der Waals surface area contributed by atoms with Crippen LogP contribution in [0, 0.1) is 5.82 Å². The van der Waals surface area contributed by atoms with Crippen molar-refractivity contribution in [3.63, 3.8) is 0 Å². The third kappa shape index (κ3) is 3.68. The van der Waals surface area contributed by atoms with Gasteiger partial charge in [-0.25, -0.2) is 4.39 Å². The number of rotatable bonds is 5. The number of thioether (sulfide) groups is 1. The van der Waals surface area contributed by atoms with Gasteiger partial charge in [0.05, 0.1) is 5.56 Å². The predicted octanol–water partition coefficient (Wildman–Crippen LogP) is 4.43. The van der Waals surface area contributed by atoms with Crippen molar-refractivity contribution in [2.75, 3.05) is 5.75 Å². The average molecular weight is 325 g/mol. The summed E-state index contributed by atoms with van der Waals surface area (Å²) < 4.78 is 15.7. The number of benzene rings is 2. The highest BCUT2D eigenvalue weighted by molar-refractivity contribution is 7.99. The van der Waals surface area contributed by atoms with E-state index in [2.05, 4.69) is 34.5 Å². The van der Waals surface area contributed by atoms with E-state index in [1.165, 1.54) is 6.07 Å². The van der Waals surface area contributed by atoms with E-state index in [4.69, 9.17) is 0 Å². The van der Waals surface area contributed by atoms with Gasteiger partial charge < -0.3 is 4.57 Å². The first-order valence-corrected chi connectivity index (χ1v) is 8.23. The van der Waals surface area contributed by atoms with Gasteiger partial charge in [-0.05, 0) is 17.7 Å². The molecule has 0 unspecified atom stereocenters. The lowest BCUT2D eigenvalue weighted by Gasteiger charge is -2.03. The molecule has 0 spiro atoms. The molecule has 0 N–H and O–H groups in total. The highest BCUT2D eigenvalue weighted by Gasteiger charge is 2.13. The number of hydrogen-bond acceptors (Lipinski definition) is 3. The number of aromatic nitrogens is 3. The Balaban J connectivity index is 1.68. The zero-order valence-corrected chi connectivity index (χ0v) is 13.5. The van der Waals surface area contributed by atoms with Gasteiger partial charge in [0.15, 0.2) is 11.0 Å². The minimum atomic E-state index is -0.288. The number of nitrogens with zero attached hydrogens (tertiary/aromatic N) is 3. The van der Waals surface area contributed by atoms with Gasteiger partial charge in [-0.3, -0.25) is 0 Å². The van der Waals surface area contributed by atoms with Crippen molar-refractivity contribution in [2.45, 2.75) is 5.16 Å². The highest BCUT2D eigenvalue weighted by Crippen LogP contribution is 2.24. The van der Waals surface area contributed by atoms with Gasteiger partial charge in [0, 0.05) is 12.8 Å². The molecule has 0 aliphatic rings. The molecular formula is C18H16FN3S. The zero-order chi connectivity index (χ0) is 16.1. The maximum atomic E-state index is 13.9. The van der Waals surface area contributed by atoms with Gasteiger partial charge in [0.2, 0.25) is 0 Å². The molecule has 0 radical (unpaired) electrons. The molecule has 0 aliphatic carbocycles. The fourth-order valence-corrected chi connectivity index (χ4v) is 2.91. The normalized spacial score (nSPS) is 11.2. The summed E-state index contributed by atoms with van der Waals surface area (Å²) in [6, 6.07) is 16.7. The van der Waals surface area contributed by atoms with Gasteiger partial charge >= 0.3 is 0 Å². The molecule has 2 aromatic carbocycles. The largest absolute Gasteiger partial charge is 0.305 e. The van der Waals surface area contributed by atoms with E-state index in [1.807, 2.05) is 29.8 Å². The van der Waals surface area contributed by atoms with Crippen molar-refractivity contribution in [3.8, 4) is 11.4 Å². The molecule has 0 atom stereocenters. The third-order valence-corrected chi connectivity index (χ3v) is 4.34. The minimum Gasteiger partial charge on any atom is -0.305 e. The van der Waals surface area contributed by atoms with Crippen LogP contribution in [0.2, 0.25) is 0 Å². The maximum Gasteiger partial charge on any atom is 0.191 e. The van der Waals surface area contributed by atoms with Crippen molar-refractivity contribution in [1.82, 2.24) is 14.8 Å². The van der Waals surface area contributed by atoms with Crippen LogP contribution in [0.3, 0.4) is 0 Å². The average Bonchev–Trinajstić information content (AvgIpc) is 2.94. The second-order valence-electron chi connectivity index (χ2n) is 4.97. The van der Waals surface area contributed by atoms with Crippen molar-refractivity contribution < 1.29 is 4.39 Å². The summed E-state index contributed by atoms with van der Waals surface area (Å²) in [4.78, 5) is 0. The summed E-state index contributed by atoms with van der Waals surface area (Å²) in [5.41, 5.74) is 1.63. The fourth-order valence-electron chi connectivity index (χ4n) is 2.19. The van der Waals surface area contributed by atoms with Gasteiger partial charge in [-0.2, -0.15) is 0 Å². The Bertz CT molecular complexity index is 812. The lowest BCUT2D eigenvalue weighted by molar-refractivity contribution is 0.628. The van der Waals surface area contributed by atoms with Crippen molar-refractivity contribution in [3.05, 3.63) is 72.1 Å². The molecule has 3 aromatic rings. The number of hydrogen-bond donors (Lipinski definition) is 0. The highest BCUT2D eigenvalue weighted by atomic mass is 32.2. The van der Waals surface area contributed by atoms with E-state index in [1.54, 1.807) is 30.0 Å². The SMILES string of the molecule is Cn1c(SC/C=C/c2ccccc2)nnc1-c1ccccc1F. The molecular weight excluding hydrogens is 309 g/mol. The van der Waals surface area contributed by atoms with E-state index in [-0.39, 0.29) is 5.82 Å². The van der Waals surface area contributed by atoms with Crippen LogP contribution >= 0.6 is 11.8 Å². The molecule has 0 amide bonds. The van der Waals surface area contributed by atoms with Crippen LogP contribution in [0.25, 0.3) is 17.5 Å². The molecule has 3 nitrogen and oxygen atoms in total. The van der Waals surface area contributed by atoms with Gasteiger partial charge in [0.25, 0.3) is 0 Å². The molecule has 0 aliphatic heterocycles. The van der Waals surface area contributed by atoms with Gasteiger partial charge in [0.1, 0.15) is 5.82 Å². The molecule has 23 heavy (non-hydrogen) atoms. The first-order valence-electron chi connectivity index (χ1n) is 7.24. The van der Waals surface area contributed by atoms with Crippen LogP contribution in [0.15, 0.2) is 65.8 Å². The van der Waals surface area contributed by atoms with Crippen molar-refractivity contribution >= 4 is 17.8 Å². The van der Waals surface area contributed by atoms with E-state index in [0.717, 1.165) is 16.5 Å². The molecule has 0 saturated heterocycles. The zero-order valence-electron chi connectivity index (χ0n) is 12.7.